The van der Waals surface area contributed by atoms with Crippen molar-refractivity contribution in [3.05, 3.63) is 131 Å². The molecule has 3 N–H and O–H groups in total. The second-order valence-electron chi connectivity index (χ2n) is 11.5. The standard InChI is InChI=1S/C37H37FN4O2/c1-2-32(26-11-5-3-6-12-26)40-36(43)28-16-19-33-31(23-28)34(37(44)41-33)35(27-14-17-29(38)18-15-27)39-30-13-9-10-25(22-30)24-42-20-7-4-8-21-42/h3,5-6,9-19,22-23,32,39H,2,4,7-8,20-21,24H2,1H3,(H,40,43)(H,41,44)/b35-34-/t32-/m1/s1. The highest BCUT2D eigenvalue weighted by molar-refractivity contribution is 6.37. The van der Waals surface area contributed by atoms with E-state index >= 15 is 0 Å². The molecule has 0 aliphatic carbocycles. The Balaban J connectivity index is 1.35. The maximum absolute atomic E-state index is 14.0. The number of carbonyl (C=O) groups is 2. The minimum absolute atomic E-state index is 0.139. The third-order valence-electron chi connectivity index (χ3n) is 8.38. The Labute approximate surface area is 258 Å². The topological polar surface area (TPSA) is 73.5 Å². The number of fused-ring (bicyclic) bond motifs is 1. The largest absolute Gasteiger partial charge is 0.354 e. The van der Waals surface area contributed by atoms with Gasteiger partial charge in [0.2, 0.25) is 0 Å². The van der Waals surface area contributed by atoms with E-state index in [4.69, 9.17) is 0 Å². The van der Waals surface area contributed by atoms with E-state index in [1.54, 1.807) is 30.3 Å². The fourth-order valence-corrected chi connectivity index (χ4v) is 6.07. The van der Waals surface area contributed by atoms with Crippen LogP contribution < -0.4 is 16.0 Å². The Morgan fingerprint density at radius 1 is 0.886 bits per heavy atom. The van der Waals surface area contributed by atoms with E-state index in [0.717, 1.165) is 37.3 Å². The van der Waals surface area contributed by atoms with Gasteiger partial charge in [-0.25, -0.2) is 4.39 Å². The van der Waals surface area contributed by atoms with E-state index in [9.17, 15) is 14.0 Å². The zero-order valence-electron chi connectivity index (χ0n) is 24.9. The molecule has 0 bridgehead atoms. The monoisotopic (exact) mass is 588 g/mol. The van der Waals surface area contributed by atoms with Gasteiger partial charge in [-0.05, 0) is 104 Å². The molecule has 2 heterocycles. The lowest BCUT2D eigenvalue weighted by Crippen LogP contribution is -2.29. The molecular formula is C37H37FN4O2. The minimum atomic E-state index is -0.360. The van der Waals surface area contributed by atoms with Gasteiger partial charge in [-0.15, -0.1) is 0 Å². The minimum Gasteiger partial charge on any atom is -0.354 e. The predicted octanol–water partition coefficient (Wildman–Crippen LogP) is 7.63. The first-order valence-electron chi connectivity index (χ1n) is 15.4. The van der Waals surface area contributed by atoms with E-state index in [-0.39, 0.29) is 23.7 Å². The maximum Gasteiger partial charge on any atom is 0.258 e. The van der Waals surface area contributed by atoms with Gasteiger partial charge in [0.15, 0.2) is 0 Å². The average molecular weight is 589 g/mol. The summed E-state index contributed by atoms with van der Waals surface area (Å²) in [6.07, 6.45) is 4.46. The van der Waals surface area contributed by atoms with Gasteiger partial charge >= 0.3 is 0 Å². The van der Waals surface area contributed by atoms with Crippen molar-refractivity contribution >= 4 is 34.5 Å². The third kappa shape index (κ3) is 6.58. The first-order chi connectivity index (χ1) is 21.5. The molecule has 4 aromatic rings. The Hall–Kier alpha value is -4.75. The fourth-order valence-electron chi connectivity index (χ4n) is 6.07. The smallest absolute Gasteiger partial charge is 0.258 e. The van der Waals surface area contributed by atoms with Crippen molar-refractivity contribution in [2.45, 2.75) is 45.2 Å². The van der Waals surface area contributed by atoms with Crippen molar-refractivity contribution in [3.8, 4) is 0 Å². The van der Waals surface area contributed by atoms with Gasteiger partial charge in [0.1, 0.15) is 5.82 Å². The highest BCUT2D eigenvalue weighted by atomic mass is 19.1. The van der Waals surface area contributed by atoms with E-state index < -0.39 is 0 Å². The van der Waals surface area contributed by atoms with Crippen LogP contribution in [0.15, 0.2) is 97.1 Å². The van der Waals surface area contributed by atoms with Crippen molar-refractivity contribution in [1.82, 2.24) is 10.2 Å². The zero-order valence-corrected chi connectivity index (χ0v) is 24.9. The number of nitrogens with one attached hydrogen (secondary N) is 3. The molecule has 0 saturated carbocycles. The van der Waals surface area contributed by atoms with Crippen molar-refractivity contribution in [2.24, 2.45) is 0 Å². The SMILES string of the molecule is CC[C@@H](NC(=O)c1ccc2c(c1)/C(=C(/Nc1cccc(CN3CCCCC3)c1)c1ccc(F)cc1)C(=O)N2)c1ccccc1. The number of rotatable bonds is 9. The van der Waals surface area contributed by atoms with Crippen molar-refractivity contribution in [1.29, 1.82) is 0 Å². The highest BCUT2D eigenvalue weighted by Gasteiger charge is 2.30. The van der Waals surface area contributed by atoms with Gasteiger partial charge in [0, 0.05) is 29.0 Å². The normalized spacial score (nSPS) is 16.5. The van der Waals surface area contributed by atoms with Crippen LogP contribution in [-0.4, -0.2) is 29.8 Å². The van der Waals surface area contributed by atoms with Crippen LogP contribution in [0.2, 0.25) is 0 Å². The molecule has 7 heteroatoms. The molecule has 44 heavy (non-hydrogen) atoms. The van der Waals surface area contributed by atoms with Crippen molar-refractivity contribution < 1.29 is 14.0 Å². The van der Waals surface area contributed by atoms with Gasteiger partial charge in [-0.3, -0.25) is 14.5 Å². The molecule has 2 aliphatic rings. The van der Waals surface area contributed by atoms with Crippen molar-refractivity contribution in [3.63, 3.8) is 0 Å². The molecular weight excluding hydrogens is 551 g/mol. The Morgan fingerprint density at radius 2 is 1.64 bits per heavy atom. The van der Waals surface area contributed by atoms with Crippen LogP contribution in [0.5, 0.6) is 0 Å². The lowest BCUT2D eigenvalue weighted by molar-refractivity contribution is -0.110. The number of hydrogen-bond acceptors (Lipinski definition) is 4. The molecule has 6 nitrogen and oxygen atoms in total. The Bertz CT molecular complexity index is 1680. The summed E-state index contributed by atoms with van der Waals surface area (Å²) < 4.78 is 14.0. The molecule has 0 aromatic heterocycles. The van der Waals surface area contributed by atoms with Crippen molar-refractivity contribution in [2.75, 3.05) is 23.7 Å². The third-order valence-corrected chi connectivity index (χ3v) is 8.38. The summed E-state index contributed by atoms with van der Waals surface area (Å²) in [5.74, 6) is -0.866. The summed E-state index contributed by atoms with van der Waals surface area (Å²) in [6.45, 7) is 5.09. The molecule has 2 amide bonds. The first kappa shape index (κ1) is 29.3. The van der Waals surface area contributed by atoms with Crippen LogP contribution >= 0.6 is 0 Å². The van der Waals surface area contributed by atoms with Crippen LogP contribution in [0.25, 0.3) is 11.3 Å². The first-order valence-corrected chi connectivity index (χ1v) is 15.4. The molecule has 1 atom stereocenters. The van der Waals surface area contributed by atoms with Gasteiger partial charge in [0.25, 0.3) is 11.8 Å². The number of anilines is 2. The number of benzene rings is 4. The van der Waals surface area contributed by atoms with E-state index in [1.807, 2.05) is 49.4 Å². The van der Waals surface area contributed by atoms with Crippen LogP contribution in [0.3, 0.4) is 0 Å². The fraction of sp³-hybridized carbons (Fsp3) is 0.243. The van der Waals surface area contributed by atoms with Gasteiger partial charge < -0.3 is 16.0 Å². The zero-order chi connectivity index (χ0) is 30.5. The lowest BCUT2D eigenvalue weighted by Gasteiger charge is -2.26. The number of hydrogen-bond donors (Lipinski definition) is 3. The van der Waals surface area contributed by atoms with Gasteiger partial charge in [0.05, 0.1) is 17.3 Å². The summed E-state index contributed by atoms with van der Waals surface area (Å²) >= 11 is 0. The number of piperidine rings is 1. The second kappa shape index (κ2) is 13.3. The average Bonchev–Trinajstić information content (AvgIpc) is 3.38. The van der Waals surface area contributed by atoms with Gasteiger partial charge in [-0.1, -0.05) is 55.8 Å². The molecule has 2 aliphatic heterocycles. The van der Waals surface area contributed by atoms with Crippen LogP contribution in [0, 0.1) is 5.82 Å². The lowest BCUT2D eigenvalue weighted by atomic mass is 9.97. The number of likely N-dealkylation sites (tertiary alicyclic amines) is 1. The number of carbonyl (C=O) groups excluding carboxylic acids is 2. The molecule has 0 spiro atoms. The van der Waals surface area contributed by atoms with Crippen LogP contribution in [-0.2, 0) is 11.3 Å². The molecule has 1 saturated heterocycles. The number of nitrogens with zero attached hydrogens (tertiary/aromatic N) is 1. The molecule has 6 rings (SSSR count). The summed E-state index contributed by atoms with van der Waals surface area (Å²) in [7, 11) is 0. The molecule has 1 fully saturated rings. The number of amides is 2. The van der Waals surface area contributed by atoms with Crippen LogP contribution in [0.4, 0.5) is 15.8 Å². The maximum atomic E-state index is 14.0. The second-order valence-corrected chi connectivity index (χ2v) is 11.5. The summed E-state index contributed by atoms with van der Waals surface area (Å²) in [6, 6.07) is 29.3. The van der Waals surface area contributed by atoms with E-state index in [0.29, 0.717) is 33.6 Å². The predicted molar refractivity (Wildman–Crippen MR) is 174 cm³/mol. The van der Waals surface area contributed by atoms with Crippen LogP contribution in [0.1, 0.15) is 71.3 Å². The van der Waals surface area contributed by atoms with Gasteiger partial charge in [-0.2, -0.15) is 0 Å². The molecule has 0 radical (unpaired) electrons. The Morgan fingerprint density at radius 3 is 2.39 bits per heavy atom. The van der Waals surface area contributed by atoms with E-state index in [2.05, 4.69) is 33.0 Å². The molecule has 0 unspecified atom stereocenters. The Kier molecular flexibility index (Phi) is 8.84. The van der Waals surface area contributed by atoms with E-state index in [1.165, 1.54) is 37.0 Å². The summed E-state index contributed by atoms with van der Waals surface area (Å²) in [5, 5.41) is 9.59. The summed E-state index contributed by atoms with van der Waals surface area (Å²) in [5.41, 5.74) is 6.35. The highest BCUT2D eigenvalue weighted by Crippen LogP contribution is 2.38. The number of halogens is 1. The quantitative estimate of drug-likeness (QED) is 0.176. The molecule has 224 valence electrons. The summed E-state index contributed by atoms with van der Waals surface area (Å²) in [4.78, 5) is 29.5. The molecule has 4 aromatic carbocycles.